The third-order valence-corrected chi connectivity index (χ3v) is 2.84. The van der Waals surface area contributed by atoms with Crippen LogP contribution in [0, 0.1) is 5.92 Å². The van der Waals surface area contributed by atoms with E-state index in [1.165, 1.54) is 0 Å². The summed E-state index contributed by atoms with van der Waals surface area (Å²) in [5.74, 6) is 1.22. The molecule has 0 saturated carbocycles. The fraction of sp³-hybridized carbons (Fsp3) is 0.500. The van der Waals surface area contributed by atoms with E-state index in [0.29, 0.717) is 29.5 Å². The molecule has 0 bridgehead atoms. The van der Waals surface area contributed by atoms with E-state index < -0.39 is 0 Å². The number of halogens is 1. The minimum absolute atomic E-state index is 0.00734. The summed E-state index contributed by atoms with van der Waals surface area (Å²) in [6.45, 7) is 0.447. The molecule has 5 heteroatoms. The Labute approximate surface area is 106 Å². The van der Waals surface area contributed by atoms with E-state index in [4.69, 9.17) is 31.9 Å². The highest BCUT2D eigenvalue weighted by atomic mass is 35.5. The molecular weight excluding hydrogens is 242 g/mol. The fourth-order valence-corrected chi connectivity index (χ4v) is 1.92. The Bertz CT molecular complexity index is 367. The van der Waals surface area contributed by atoms with Crippen molar-refractivity contribution >= 4 is 11.6 Å². The van der Waals surface area contributed by atoms with Crippen molar-refractivity contribution in [1.29, 1.82) is 0 Å². The van der Waals surface area contributed by atoms with Crippen LogP contribution in [0.4, 0.5) is 0 Å². The van der Waals surface area contributed by atoms with Gasteiger partial charge in [-0.15, -0.1) is 0 Å². The Kier molecular flexibility index (Phi) is 5.55. The van der Waals surface area contributed by atoms with E-state index in [1.807, 2.05) is 0 Å². The highest BCUT2D eigenvalue weighted by Gasteiger charge is 2.15. The number of aliphatic hydroxyl groups is 1. The van der Waals surface area contributed by atoms with Gasteiger partial charge in [-0.3, -0.25) is 0 Å². The molecule has 0 saturated heterocycles. The molecule has 17 heavy (non-hydrogen) atoms. The van der Waals surface area contributed by atoms with E-state index in [1.54, 1.807) is 26.4 Å². The molecule has 0 aliphatic rings. The monoisotopic (exact) mass is 259 g/mol. The minimum atomic E-state index is -0.00734. The fourth-order valence-electron chi connectivity index (χ4n) is 1.69. The molecule has 1 aromatic rings. The number of methoxy groups -OCH3 is 2. The summed E-state index contributed by atoms with van der Waals surface area (Å²) < 4.78 is 10.5. The Morgan fingerprint density at radius 1 is 1.35 bits per heavy atom. The topological polar surface area (TPSA) is 64.7 Å². The average Bonchev–Trinajstić information content (AvgIpc) is 2.34. The van der Waals surface area contributed by atoms with Crippen LogP contribution in [0.15, 0.2) is 12.1 Å². The number of ether oxygens (including phenoxy) is 2. The van der Waals surface area contributed by atoms with Gasteiger partial charge in [0.2, 0.25) is 0 Å². The van der Waals surface area contributed by atoms with E-state index in [0.717, 1.165) is 5.56 Å². The summed E-state index contributed by atoms with van der Waals surface area (Å²) in [5.41, 5.74) is 6.46. The van der Waals surface area contributed by atoms with Crippen molar-refractivity contribution in [3.05, 3.63) is 22.7 Å². The van der Waals surface area contributed by atoms with Gasteiger partial charge in [0.1, 0.15) is 0 Å². The number of hydrogen-bond acceptors (Lipinski definition) is 4. The van der Waals surface area contributed by atoms with Gasteiger partial charge in [-0.2, -0.15) is 0 Å². The van der Waals surface area contributed by atoms with Crippen molar-refractivity contribution < 1.29 is 14.6 Å². The van der Waals surface area contributed by atoms with Gasteiger partial charge in [-0.05, 0) is 30.5 Å². The zero-order valence-corrected chi connectivity index (χ0v) is 10.8. The molecule has 4 nitrogen and oxygen atoms in total. The molecule has 1 rings (SSSR count). The number of hydrogen-bond donors (Lipinski definition) is 2. The molecule has 0 heterocycles. The first-order valence-electron chi connectivity index (χ1n) is 5.37. The van der Waals surface area contributed by atoms with Crippen molar-refractivity contribution in [2.45, 2.75) is 6.42 Å². The second-order valence-electron chi connectivity index (χ2n) is 3.79. The summed E-state index contributed by atoms with van der Waals surface area (Å²) in [6.07, 6.45) is 0.604. The predicted molar refractivity (Wildman–Crippen MR) is 67.9 cm³/mol. The van der Waals surface area contributed by atoms with Gasteiger partial charge in [0, 0.05) is 17.7 Å². The third kappa shape index (κ3) is 3.49. The second-order valence-corrected chi connectivity index (χ2v) is 4.23. The van der Waals surface area contributed by atoms with E-state index >= 15 is 0 Å². The molecule has 0 aromatic heterocycles. The van der Waals surface area contributed by atoms with Gasteiger partial charge >= 0.3 is 0 Å². The molecule has 0 aliphatic carbocycles. The summed E-state index contributed by atoms with van der Waals surface area (Å²) in [5, 5.41) is 9.74. The highest BCUT2D eigenvalue weighted by molar-refractivity contribution is 6.30. The Morgan fingerprint density at radius 2 is 2.06 bits per heavy atom. The zero-order valence-electron chi connectivity index (χ0n) is 10.1. The van der Waals surface area contributed by atoms with E-state index in [9.17, 15) is 0 Å². The number of rotatable bonds is 6. The standard InChI is InChI=1S/C12H18ClNO3/c1-16-11-5-10(13)4-9(12(11)17-2)3-8(6-14)7-15/h4-5,8,15H,3,6-7,14H2,1-2H3. The first kappa shape index (κ1) is 14.1. The van der Waals surface area contributed by atoms with Crippen LogP contribution in [0.3, 0.4) is 0 Å². The molecule has 96 valence electrons. The van der Waals surface area contributed by atoms with Crippen molar-refractivity contribution in [1.82, 2.24) is 0 Å². The van der Waals surface area contributed by atoms with Crippen LogP contribution < -0.4 is 15.2 Å². The maximum Gasteiger partial charge on any atom is 0.164 e. The molecule has 0 radical (unpaired) electrons. The lowest BCUT2D eigenvalue weighted by Crippen LogP contribution is -2.20. The molecule has 0 aliphatic heterocycles. The lowest BCUT2D eigenvalue weighted by molar-refractivity contribution is 0.228. The van der Waals surface area contributed by atoms with Crippen LogP contribution in [-0.2, 0) is 6.42 Å². The first-order chi connectivity index (χ1) is 8.15. The van der Waals surface area contributed by atoms with E-state index in [2.05, 4.69) is 0 Å². The van der Waals surface area contributed by atoms with Gasteiger partial charge in [0.05, 0.1) is 14.2 Å². The summed E-state index contributed by atoms with van der Waals surface area (Å²) in [4.78, 5) is 0. The molecule has 1 aromatic carbocycles. The smallest absolute Gasteiger partial charge is 0.164 e. The van der Waals surface area contributed by atoms with Gasteiger partial charge in [-0.1, -0.05) is 11.6 Å². The molecule has 1 unspecified atom stereocenters. The lowest BCUT2D eigenvalue weighted by Gasteiger charge is -2.17. The van der Waals surface area contributed by atoms with Gasteiger partial charge < -0.3 is 20.3 Å². The van der Waals surface area contributed by atoms with E-state index in [-0.39, 0.29) is 12.5 Å². The molecule has 0 fully saturated rings. The predicted octanol–water partition coefficient (Wildman–Crippen LogP) is 1.47. The van der Waals surface area contributed by atoms with Crippen molar-refractivity contribution in [2.75, 3.05) is 27.4 Å². The summed E-state index contributed by atoms with van der Waals surface area (Å²) in [7, 11) is 3.13. The maximum atomic E-state index is 9.16. The third-order valence-electron chi connectivity index (χ3n) is 2.62. The number of nitrogens with two attached hydrogens (primary N) is 1. The lowest BCUT2D eigenvalue weighted by atomic mass is 9.99. The minimum Gasteiger partial charge on any atom is -0.493 e. The van der Waals surface area contributed by atoms with Crippen molar-refractivity contribution in [2.24, 2.45) is 11.7 Å². The van der Waals surface area contributed by atoms with Gasteiger partial charge in [0.15, 0.2) is 11.5 Å². The maximum absolute atomic E-state index is 9.16. The zero-order chi connectivity index (χ0) is 12.8. The second kappa shape index (κ2) is 6.69. The van der Waals surface area contributed by atoms with Crippen LogP contribution in [0.5, 0.6) is 11.5 Å². The Balaban J connectivity index is 3.07. The largest absolute Gasteiger partial charge is 0.493 e. The first-order valence-corrected chi connectivity index (χ1v) is 5.75. The molecule has 0 amide bonds. The Morgan fingerprint density at radius 3 is 2.53 bits per heavy atom. The quantitative estimate of drug-likeness (QED) is 0.812. The summed E-state index contributed by atoms with van der Waals surface area (Å²) >= 11 is 6.00. The molecule has 0 spiro atoms. The number of benzene rings is 1. The highest BCUT2D eigenvalue weighted by Crippen LogP contribution is 2.35. The van der Waals surface area contributed by atoms with Crippen LogP contribution in [-0.4, -0.2) is 32.5 Å². The molecule has 3 N–H and O–H groups in total. The van der Waals surface area contributed by atoms with Crippen molar-refractivity contribution in [3.63, 3.8) is 0 Å². The molecule has 1 atom stereocenters. The van der Waals surface area contributed by atoms with Crippen molar-refractivity contribution in [3.8, 4) is 11.5 Å². The summed E-state index contributed by atoms with van der Waals surface area (Å²) in [6, 6.07) is 3.50. The van der Waals surface area contributed by atoms with Crippen LogP contribution in [0.1, 0.15) is 5.56 Å². The van der Waals surface area contributed by atoms with Crippen LogP contribution >= 0.6 is 11.6 Å². The SMILES string of the molecule is COc1cc(Cl)cc(CC(CN)CO)c1OC. The van der Waals surface area contributed by atoms with Gasteiger partial charge in [0.25, 0.3) is 0 Å². The molecular formula is C12H18ClNO3. The Hall–Kier alpha value is -0.970. The van der Waals surface area contributed by atoms with Crippen LogP contribution in [0.25, 0.3) is 0 Å². The van der Waals surface area contributed by atoms with Gasteiger partial charge in [-0.25, -0.2) is 0 Å². The van der Waals surface area contributed by atoms with Crippen LogP contribution in [0.2, 0.25) is 5.02 Å². The number of aliphatic hydroxyl groups excluding tert-OH is 1. The normalized spacial score (nSPS) is 12.3. The average molecular weight is 260 g/mol.